The van der Waals surface area contributed by atoms with Crippen LogP contribution in [0.4, 0.5) is 4.79 Å². The predicted octanol–water partition coefficient (Wildman–Crippen LogP) is 1.28. The molecule has 0 aliphatic rings. The summed E-state index contributed by atoms with van der Waals surface area (Å²) < 4.78 is 26.3. The molecule has 0 aliphatic carbocycles. The van der Waals surface area contributed by atoms with Gasteiger partial charge in [0, 0.05) is 13.1 Å². The molecule has 0 aliphatic heterocycles. The number of urea groups is 1. The van der Waals surface area contributed by atoms with E-state index in [9.17, 15) is 13.2 Å². The second-order valence-electron chi connectivity index (χ2n) is 4.29. The molecule has 0 bridgehead atoms. The first kappa shape index (κ1) is 16.5. The smallest absolute Gasteiger partial charge is 0.318 e. The summed E-state index contributed by atoms with van der Waals surface area (Å²) in [6.45, 7) is 6.62. The van der Waals surface area contributed by atoms with Gasteiger partial charge in [0.15, 0.2) is 0 Å². The molecule has 1 aromatic rings. The van der Waals surface area contributed by atoms with Gasteiger partial charge in [0.05, 0.1) is 11.6 Å². The van der Waals surface area contributed by atoms with Crippen molar-refractivity contribution in [1.29, 1.82) is 0 Å². The quantitative estimate of drug-likeness (QED) is 0.777. The highest BCUT2D eigenvalue weighted by Crippen LogP contribution is 2.09. The van der Waals surface area contributed by atoms with Crippen LogP contribution in [0.25, 0.3) is 0 Å². The highest BCUT2D eigenvalue weighted by atomic mass is 32.2. The Hall–Kier alpha value is -1.60. The molecule has 6 nitrogen and oxygen atoms in total. The van der Waals surface area contributed by atoms with Crippen LogP contribution in [0, 0.1) is 6.92 Å². The lowest BCUT2D eigenvalue weighted by molar-refractivity contribution is 0.203. The maximum Gasteiger partial charge on any atom is 0.318 e. The number of rotatable bonds is 6. The van der Waals surface area contributed by atoms with E-state index in [1.165, 1.54) is 12.1 Å². The number of sulfonamides is 1. The third kappa shape index (κ3) is 4.50. The summed E-state index contributed by atoms with van der Waals surface area (Å²) in [5, 5.41) is 2.52. The molecule has 0 fully saturated rings. The monoisotopic (exact) mass is 299 g/mol. The van der Waals surface area contributed by atoms with Crippen LogP contribution < -0.4 is 10.0 Å². The second kappa shape index (κ2) is 7.25. The molecule has 0 aromatic heterocycles. The van der Waals surface area contributed by atoms with Crippen LogP contribution in [0.2, 0.25) is 0 Å². The lowest BCUT2D eigenvalue weighted by Crippen LogP contribution is -2.44. The highest BCUT2D eigenvalue weighted by Gasteiger charge is 2.14. The summed E-state index contributed by atoms with van der Waals surface area (Å²) in [5.41, 5.74) is 0.985. The van der Waals surface area contributed by atoms with Crippen molar-refractivity contribution in [2.45, 2.75) is 25.7 Å². The Morgan fingerprint density at radius 3 is 2.20 bits per heavy atom. The lowest BCUT2D eigenvalue weighted by atomic mass is 10.2. The van der Waals surface area contributed by atoms with Crippen LogP contribution >= 0.6 is 0 Å². The van der Waals surface area contributed by atoms with Crippen LogP contribution in [0.15, 0.2) is 29.2 Å². The topological polar surface area (TPSA) is 78.5 Å². The maximum absolute atomic E-state index is 12.0. The number of hydrogen-bond acceptors (Lipinski definition) is 3. The number of benzene rings is 1. The van der Waals surface area contributed by atoms with Crippen LogP contribution in [-0.2, 0) is 10.0 Å². The minimum atomic E-state index is -3.60. The Morgan fingerprint density at radius 1 is 1.15 bits per heavy atom. The number of carbonyl (C=O) groups is 1. The number of carbonyl (C=O) groups excluding carboxylic acids is 1. The van der Waals surface area contributed by atoms with E-state index in [2.05, 4.69) is 10.0 Å². The summed E-state index contributed by atoms with van der Waals surface area (Å²) in [5.74, 6) is 0. The van der Waals surface area contributed by atoms with Gasteiger partial charge < -0.3 is 10.2 Å². The molecule has 7 heteroatoms. The Bertz CT molecular complexity index is 536. The van der Waals surface area contributed by atoms with Gasteiger partial charge in [0.25, 0.3) is 0 Å². The molecule has 1 aromatic carbocycles. The molecule has 0 saturated carbocycles. The van der Waals surface area contributed by atoms with Gasteiger partial charge in [-0.15, -0.1) is 0 Å². The third-order valence-corrected chi connectivity index (χ3v) is 4.30. The zero-order valence-electron chi connectivity index (χ0n) is 12.0. The third-order valence-electron chi connectivity index (χ3n) is 2.88. The summed E-state index contributed by atoms with van der Waals surface area (Å²) >= 11 is 0. The standard InChI is InChI=1S/C13H21N3O3S/c1-4-16(5-2)13(17)14-10-15-20(18,19)12-8-6-11(3)7-9-12/h6-9,15H,4-5,10H2,1-3H3,(H,14,17). The summed E-state index contributed by atoms with van der Waals surface area (Å²) in [7, 11) is -3.60. The molecular formula is C13H21N3O3S. The van der Waals surface area contributed by atoms with Crippen molar-refractivity contribution in [2.75, 3.05) is 19.8 Å². The first-order chi connectivity index (χ1) is 9.40. The average molecular weight is 299 g/mol. The van der Waals surface area contributed by atoms with Crippen molar-refractivity contribution in [2.24, 2.45) is 0 Å². The molecule has 112 valence electrons. The van der Waals surface area contributed by atoms with Gasteiger partial charge in [-0.2, -0.15) is 4.72 Å². The number of nitrogens with zero attached hydrogens (tertiary/aromatic N) is 1. The number of amides is 2. The van der Waals surface area contributed by atoms with Crippen molar-refractivity contribution in [3.05, 3.63) is 29.8 Å². The van der Waals surface area contributed by atoms with E-state index in [4.69, 9.17) is 0 Å². The average Bonchev–Trinajstić information content (AvgIpc) is 2.40. The SMILES string of the molecule is CCN(CC)C(=O)NCNS(=O)(=O)c1ccc(C)cc1. The van der Waals surface area contributed by atoms with Gasteiger partial charge in [-0.1, -0.05) is 17.7 Å². The summed E-state index contributed by atoms with van der Waals surface area (Å²) in [6, 6.07) is 6.22. The molecule has 20 heavy (non-hydrogen) atoms. The predicted molar refractivity (Wildman–Crippen MR) is 77.8 cm³/mol. The van der Waals surface area contributed by atoms with E-state index < -0.39 is 10.0 Å². The van der Waals surface area contributed by atoms with E-state index in [0.717, 1.165) is 5.56 Å². The minimum Gasteiger partial charge on any atom is -0.325 e. The van der Waals surface area contributed by atoms with E-state index in [1.54, 1.807) is 17.0 Å². The molecule has 2 amide bonds. The Morgan fingerprint density at radius 2 is 1.70 bits per heavy atom. The maximum atomic E-state index is 12.0. The first-order valence-corrected chi connectivity index (χ1v) is 7.98. The molecule has 2 N–H and O–H groups in total. The lowest BCUT2D eigenvalue weighted by Gasteiger charge is -2.19. The van der Waals surface area contributed by atoms with Gasteiger partial charge in [0.2, 0.25) is 10.0 Å². The van der Waals surface area contributed by atoms with Gasteiger partial charge in [-0.25, -0.2) is 13.2 Å². The van der Waals surface area contributed by atoms with Crippen LogP contribution in [0.5, 0.6) is 0 Å². The van der Waals surface area contributed by atoms with E-state index in [1.807, 2.05) is 20.8 Å². The molecule has 1 rings (SSSR count). The molecule has 0 heterocycles. The molecule has 0 radical (unpaired) electrons. The molecule has 0 spiro atoms. The van der Waals surface area contributed by atoms with E-state index >= 15 is 0 Å². The summed E-state index contributed by atoms with van der Waals surface area (Å²) in [6.07, 6.45) is 0. The van der Waals surface area contributed by atoms with E-state index in [0.29, 0.717) is 13.1 Å². The fraction of sp³-hybridized carbons (Fsp3) is 0.462. The van der Waals surface area contributed by atoms with E-state index in [-0.39, 0.29) is 17.6 Å². The minimum absolute atomic E-state index is 0.133. The Kier molecular flexibility index (Phi) is 5.97. The fourth-order valence-electron chi connectivity index (χ4n) is 1.63. The van der Waals surface area contributed by atoms with Gasteiger partial charge in [-0.3, -0.25) is 0 Å². The van der Waals surface area contributed by atoms with Crippen molar-refractivity contribution in [3.8, 4) is 0 Å². The number of aryl methyl sites for hydroxylation is 1. The fourth-order valence-corrected chi connectivity index (χ4v) is 2.55. The van der Waals surface area contributed by atoms with Crippen molar-refractivity contribution in [3.63, 3.8) is 0 Å². The van der Waals surface area contributed by atoms with Crippen molar-refractivity contribution < 1.29 is 13.2 Å². The largest absolute Gasteiger partial charge is 0.325 e. The van der Waals surface area contributed by atoms with Crippen LogP contribution in [0.1, 0.15) is 19.4 Å². The molecule has 0 unspecified atom stereocenters. The number of nitrogens with one attached hydrogen (secondary N) is 2. The zero-order valence-corrected chi connectivity index (χ0v) is 12.8. The number of hydrogen-bond donors (Lipinski definition) is 2. The van der Waals surface area contributed by atoms with Crippen molar-refractivity contribution in [1.82, 2.24) is 14.9 Å². The summed E-state index contributed by atoms with van der Waals surface area (Å²) in [4.78, 5) is 13.4. The Balaban J connectivity index is 2.56. The second-order valence-corrected chi connectivity index (χ2v) is 6.06. The van der Waals surface area contributed by atoms with Gasteiger partial charge in [-0.05, 0) is 32.9 Å². The van der Waals surface area contributed by atoms with Crippen LogP contribution in [0.3, 0.4) is 0 Å². The van der Waals surface area contributed by atoms with Gasteiger partial charge >= 0.3 is 6.03 Å². The van der Waals surface area contributed by atoms with Crippen molar-refractivity contribution >= 4 is 16.1 Å². The van der Waals surface area contributed by atoms with Gasteiger partial charge in [0.1, 0.15) is 0 Å². The molecule has 0 atom stereocenters. The normalized spacial score (nSPS) is 11.2. The first-order valence-electron chi connectivity index (χ1n) is 6.49. The van der Waals surface area contributed by atoms with Crippen LogP contribution in [-0.4, -0.2) is 39.1 Å². The Labute approximate surface area is 120 Å². The molecule has 0 saturated heterocycles. The zero-order chi connectivity index (χ0) is 15.2. The highest BCUT2D eigenvalue weighted by molar-refractivity contribution is 7.89. The molecular weight excluding hydrogens is 278 g/mol.